The predicted molar refractivity (Wildman–Crippen MR) is 65.5 cm³/mol. The zero-order valence-corrected chi connectivity index (χ0v) is 10.4. The highest BCUT2D eigenvalue weighted by molar-refractivity contribution is 5.90. The summed E-state index contributed by atoms with van der Waals surface area (Å²) < 4.78 is 4.60. The van der Waals surface area contributed by atoms with Gasteiger partial charge in [-0.25, -0.2) is 4.79 Å². The van der Waals surface area contributed by atoms with Gasteiger partial charge >= 0.3 is 11.7 Å². The van der Waals surface area contributed by atoms with Crippen LogP contribution < -0.4 is 5.43 Å². The highest BCUT2D eigenvalue weighted by Crippen LogP contribution is 2.23. The quantitative estimate of drug-likeness (QED) is 0.645. The van der Waals surface area contributed by atoms with Gasteiger partial charge in [0.25, 0.3) is 5.82 Å². The van der Waals surface area contributed by atoms with Crippen molar-refractivity contribution in [1.29, 1.82) is 5.39 Å². The van der Waals surface area contributed by atoms with E-state index in [0.717, 1.165) is 0 Å². The molecule has 8 nitrogen and oxygen atoms in total. The highest BCUT2D eigenvalue weighted by atomic mass is 16.5. The molecule has 1 aliphatic heterocycles. The van der Waals surface area contributed by atoms with Crippen LogP contribution in [-0.4, -0.2) is 25.2 Å². The Hall–Kier alpha value is -2.95. The molecule has 1 aromatic carbocycles. The Bertz CT molecular complexity index is 599. The van der Waals surface area contributed by atoms with Crippen LogP contribution >= 0.6 is 0 Å². The average molecular weight is 259 g/mol. The maximum Gasteiger partial charge on any atom is 0.437 e. The first-order chi connectivity index (χ1) is 9.15. The molecule has 2 rings (SSSR count). The molecule has 1 heterocycles. The standard InChI is InChI=1S/C11H10N6O2/c1-17-15-10(14-16-17)9(13-12)7-3-5-8(6-4-7)11(18)19-2/h3-6H,1-2H3/p+1. The highest BCUT2D eigenvalue weighted by Gasteiger charge is 2.26. The van der Waals surface area contributed by atoms with E-state index in [-0.39, 0.29) is 5.70 Å². The largest absolute Gasteiger partial charge is 0.465 e. The molecule has 0 saturated heterocycles. The number of methoxy groups -OCH3 is 1. The molecule has 0 fully saturated rings. The predicted octanol–water partition coefficient (Wildman–Crippen LogP) is 1.77. The second kappa shape index (κ2) is 5.14. The molecule has 0 aliphatic carbocycles. The molecule has 0 aromatic heterocycles. The smallest absolute Gasteiger partial charge is 0.437 e. The normalized spacial score (nSPS) is 15.7. The van der Waals surface area contributed by atoms with Gasteiger partial charge in [0.15, 0.2) is 4.98 Å². The van der Waals surface area contributed by atoms with Gasteiger partial charge in [-0.15, -0.1) is 5.11 Å². The number of rotatable bonds is 2. The van der Waals surface area contributed by atoms with Crippen molar-refractivity contribution >= 4 is 11.7 Å². The van der Waals surface area contributed by atoms with Crippen molar-refractivity contribution in [1.82, 2.24) is 10.5 Å². The number of esters is 1. The molecule has 1 N–H and O–H groups in total. The summed E-state index contributed by atoms with van der Waals surface area (Å²) in [6.07, 6.45) is 0. The van der Waals surface area contributed by atoms with E-state index in [4.69, 9.17) is 5.39 Å². The maximum absolute atomic E-state index is 11.3. The zero-order valence-electron chi connectivity index (χ0n) is 10.4. The van der Waals surface area contributed by atoms with E-state index >= 15 is 0 Å². The maximum atomic E-state index is 11.3. The molecule has 0 atom stereocenters. The topological polar surface area (TPSA) is 94.4 Å². The van der Waals surface area contributed by atoms with E-state index in [2.05, 4.69) is 25.5 Å². The average Bonchev–Trinajstić information content (AvgIpc) is 2.86. The summed E-state index contributed by atoms with van der Waals surface area (Å²) in [5.41, 5.74) is 4.01. The molecule has 0 radical (unpaired) electrons. The van der Waals surface area contributed by atoms with E-state index < -0.39 is 5.97 Å². The fourth-order valence-corrected chi connectivity index (χ4v) is 1.53. The van der Waals surface area contributed by atoms with Crippen LogP contribution in [0.1, 0.15) is 15.9 Å². The first kappa shape index (κ1) is 12.5. The fourth-order valence-electron chi connectivity index (χ4n) is 1.53. The first-order valence-electron chi connectivity index (χ1n) is 5.36. The van der Waals surface area contributed by atoms with Gasteiger partial charge in [0.05, 0.1) is 18.2 Å². The molecule has 0 amide bonds. The van der Waals surface area contributed by atoms with Crippen molar-refractivity contribution in [3.63, 3.8) is 0 Å². The van der Waals surface area contributed by atoms with Crippen LogP contribution in [0.2, 0.25) is 0 Å². The van der Waals surface area contributed by atoms with E-state index in [9.17, 15) is 4.79 Å². The van der Waals surface area contributed by atoms with Gasteiger partial charge < -0.3 is 4.74 Å². The Morgan fingerprint density at radius 2 is 2.00 bits per heavy atom. The molecule has 19 heavy (non-hydrogen) atoms. The number of nitrogens with one attached hydrogen (secondary N) is 1. The van der Waals surface area contributed by atoms with E-state index in [1.165, 1.54) is 12.2 Å². The van der Waals surface area contributed by atoms with Crippen molar-refractivity contribution in [2.75, 3.05) is 14.2 Å². The zero-order chi connectivity index (χ0) is 13.8. The monoisotopic (exact) mass is 259 g/mol. The Morgan fingerprint density at radius 3 is 2.47 bits per heavy atom. The lowest BCUT2D eigenvalue weighted by Crippen LogP contribution is -2.22. The Balaban J connectivity index is 2.34. The molecular weight excluding hydrogens is 248 g/mol. The van der Waals surface area contributed by atoms with Crippen LogP contribution in [0, 0.1) is 5.39 Å². The molecule has 0 unspecified atom stereocenters. The SMILES string of the molecule is COC(=O)c1ccc(C([N+]#N)=C2N=NN(C)N2)cc1. The van der Waals surface area contributed by atoms with Crippen molar-refractivity contribution in [3.05, 3.63) is 46.2 Å². The number of diazo groups is 1. The van der Waals surface area contributed by atoms with Crippen LogP contribution in [0.5, 0.6) is 0 Å². The third-order valence-corrected chi connectivity index (χ3v) is 2.45. The number of nitrogens with zero attached hydrogens (tertiary/aromatic N) is 5. The molecule has 96 valence electrons. The number of carbonyl (C=O) groups is 1. The third-order valence-electron chi connectivity index (χ3n) is 2.45. The van der Waals surface area contributed by atoms with Crippen LogP contribution in [0.25, 0.3) is 10.7 Å². The van der Waals surface area contributed by atoms with Crippen molar-refractivity contribution in [3.8, 4) is 0 Å². The van der Waals surface area contributed by atoms with E-state index in [1.807, 2.05) is 0 Å². The number of hydrogen-bond donors (Lipinski definition) is 1. The van der Waals surface area contributed by atoms with Crippen LogP contribution in [0.15, 0.2) is 40.4 Å². The summed E-state index contributed by atoms with van der Waals surface area (Å²) in [6, 6.07) is 6.40. The lowest BCUT2D eigenvalue weighted by molar-refractivity contribution is 0.0600. The Labute approximate surface area is 108 Å². The Kier molecular flexibility index (Phi) is 3.38. The molecule has 1 aromatic rings. The van der Waals surface area contributed by atoms with E-state index in [0.29, 0.717) is 16.9 Å². The van der Waals surface area contributed by atoms with Crippen molar-refractivity contribution in [2.45, 2.75) is 0 Å². The second-order valence-corrected chi connectivity index (χ2v) is 3.69. The van der Waals surface area contributed by atoms with Crippen molar-refractivity contribution < 1.29 is 9.53 Å². The van der Waals surface area contributed by atoms with Gasteiger partial charge in [-0.3, -0.25) is 5.43 Å². The number of carbonyl (C=O) groups excluding carboxylic acids is 1. The number of hydrogen-bond acceptors (Lipinski definition) is 7. The molecule has 0 saturated carbocycles. The summed E-state index contributed by atoms with van der Waals surface area (Å²) in [6.45, 7) is 0. The molecule has 8 heteroatoms. The molecule has 1 aliphatic rings. The van der Waals surface area contributed by atoms with Crippen LogP contribution in [0.3, 0.4) is 0 Å². The lowest BCUT2D eigenvalue weighted by Gasteiger charge is -2.02. The molecule has 0 spiro atoms. The van der Waals surface area contributed by atoms with Crippen LogP contribution in [0.4, 0.5) is 0 Å². The summed E-state index contributed by atoms with van der Waals surface area (Å²) in [7, 11) is 2.97. The van der Waals surface area contributed by atoms with Gasteiger partial charge in [0.1, 0.15) is 0 Å². The van der Waals surface area contributed by atoms with Gasteiger partial charge in [0, 0.05) is 7.05 Å². The minimum Gasteiger partial charge on any atom is -0.465 e. The van der Waals surface area contributed by atoms with Crippen LogP contribution in [-0.2, 0) is 4.74 Å². The lowest BCUT2D eigenvalue weighted by atomic mass is 10.1. The summed E-state index contributed by atoms with van der Waals surface area (Å²) >= 11 is 0. The Morgan fingerprint density at radius 1 is 1.37 bits per heavy atom. The fraction of sp³-hybridized carbons (Fsp3) is 0.182. The van der Waals surface area contributed by atoms with Gasteiger partial charge in [-0.1, -0.05) is 0 Å². The molecular formula is C11H11N6O2+. The number of benzene rings is 1. The summed E-state index contributed by atoms with van der Waals surface area (Å²) in [5.74, 6) is -0.115. The van der Waals surface area contributed by atoms with Gasteiger partial charge in [-0.05, 0) is 29.5 Å². The number of ether oxygens (including phenoxy) is 1. The first-order valence-corrected chi connectivity index (χ1v) is 5.36. The minimum absolute atomic E-state index is 0.226. The summed E-state index contributed by atoms with van der Waals surface area (Å²) in [5, 5.41) is 18.0. The summed E-state index contributed by atoms with van der Waals surface area (Å²) in [4.78, 5) is 14.5. The molecule has 0 bridgehead atoms. The third kappa shape index (κ3) is 2.50. The second-order valence-electron chi connectivity index (χ2n) is 3.69. The van der Waals surface area contributed by atoms with Gasteiger partial charge in [-0.2, -0.15) is 5.12 Å². The number of hydrazine groups is 1. The minimum atomic E-state index is -0.430. The van der Waals surface area contributed by atoms with Crippen molar-refractivity contribution in [2.24, 2.45) is 10.3 Å². The van der Waals surface area contributed by atoms with E-state index in [1.54, 1.807) is 31.3 Å². The van der Waals surface area contributed by atoms with Gasteiger partial charge in [0.2, 0.25) is 5.39 Å².